The summed E-state index contributed by atoms with van der Waals surface area (Å²) in [6.45, 7) is 3.37. The number of aliphatic hydroxyl groups excluding tert-OH is 2. The normalized spacial score (nSPS) is 25.1. The molecule has 1 heterocycles. The van der Waals surface area contributed by atoms with Crippen LogP contribution in [0.3, 0.4) is 0 Å². The molecule has 88 valence electrons. The third-order valence-corrected chi connectivity index (χ3v) is 3.54. The zero-order valence-corrected chi connectivity index (χ0v) is 9.63. The van der Waals surface area contributed by atoms with Gasteiger partial charge >= 0.3 is 0 Å². The molecule has 1 saturated heterocycles. The minimum atomic E-state index is 0.0548. The van der Waals surface area contributed by atoms with Gasteiger partial charge in [-0.2, -0.15) is 0 Å². The van der Waals surface area contributed by atoms with Gasteiger partial charge in [-0.15, -0.1) is 0 Å². The Kier molecular flexibility index (Phi) is 3.46. The van der Waals surface area contributed by atoms with Crippen LogP contribution in [0.5, 0.6) is 0 Å². The van der Waals surface area contributed by atoms with Crippen molar-refractivity contribution in [1.82, 2.24) is 0 Å². The zero-order valence-electron chi connectivity index (χ0n) is 9.63. The van der Waals surface area contributed by atoms with E-state index < -0.39 is 0 Å². The van der Waals surface area contributed by atoms with Crippen LogP contribution in [0, 0.1) is 5.92 Å². The second-order valence-electron chi connectivity index (χ2n) is 4.50. The smallest absolute Gasteiger partial charge is 0.0702 e. The van der Waals surface area contributed by atoms with Gasteiger partial charge < -0.3 is 15.1 Å². The van der Waals surface area contributed by atoms with Crippen LogP contribution >= 0.6 is 0 Å². The fraction of sp³-hybridized carbons (Fsp3) is 0.538. The van der Waals surface area contributed by atoms with Crippen molar-refractivity contribution < 1.29 is 10.2 Å². The molecular weight excluding hydrogens is 202 g/mol. The lowest BCUT2D eigenvalue weighted by molar-refractivity contribution is 0.243. The van der Waals surface area contributed by atoms with E-state index in [1.54, 1.807) is 0 Å². The molecule has 3 nitrogen and oxygen atoms in total. The summed E-state index contributed by atoms with van der Waals surface area (Å²) < 4.78 is 0. The largest absolute Gasteiger partial charge is 0.394 e. The quantitative estimate of drug-likeness (QED) is 0.810. The Hall–Kier alpha value is -1.06. The Bertz CT molecular complexity index is 354. The maximum absolute atomic E-state index is 9.43. The van der Waals surface area contributed by atoms with Gasteiger partial charge in [0, 0.05) is 17.8 Å². The molecule has 1 fully saturated rings. The lowest BCUT2D eigenvalue weighted by Crippen LogP contribution is -2.35. The fourth-order valence-electron chi connectivity index (χ4n) is 2.51. The van der Waals surface area contributed by atoms with E-state index in [4.69, 9.17) is 0 Å². The molecule has 2 atom stereocenters. The van der Waals surface area contributed by atoms with Crippen molar-refractivity contribution in [1.29, 1.82) is 0 Å². The lowest BCUT2D eigenvalue weighted by atomic mass is 10.0. The molecule has 2 N–H and O–H groups in total. The first kappa shape index (κ1) is 11.4. The van der Waals surface area contributed by atoms with Gasteiger partial charge in [-0.1, -0.05) is 25.1 Å². The molecule has 3 heteroatoms. The van der Waals surface area contributed by atoms with Crippen molar-refractivity contribution in [3.8, 4) is 0 Å². The van der Waals surface area contributed by atoms with E-state index in [2.05, 4.69) is 11.8 Å². The Balaban J connectivity index is 2.29. The molecule has 0 saturated carbocycles. The first-order valence-electron chi connectivity index (χ1n) is 5.84. The number of hydrogen-bond acceptors (Lipinski definition) is 3. The van der Waals surface area contributed by atoms with Crippen LogP contribution in [0.2, 0.25) is 0 Å². The van der Waals surface area contributed by atoms with Gasteiger partial charge in [0.2, 0.25) is 0 Å². The Labute approximate surface area is 96.3 Å². The molecule has 2 unspecified atom stereocenters. The summed E-state index contributed by atoms with van der Waals surface area (Å²) in [7, 11) is 0. The van der Waals surface area contributed by atoms with Crippen molar-refractivity contribution in [3.05, 3.63) is 29.8 Å². The monoisotopic (exact) mass is 221 g/mol. The van der Waals surface area contributed by atoms with Crippen LogP contribution in [0.4, 0.5) is 5.69 Å². The number of para-hydroxylation sites is 1. The average molecular weight is 221 g/mol. The molecule has 0 aromatic heterocycles. The molecular formula is C13H19NO2. The van der Waals surface area contributed by atoms with Gasteiger partial charge in [0.25, 0.3) is 0 Å². The molecule has 1 aliphatic rings. The van der Waals surface area contributed by atoms with Crippen LogP contribution in [0.15, 0.2) is 24.3 Å². The number of anilines is 1. The summed E-state index contributed by atoms with van der Waals surface area (Å²) in [5, 5.41) is 18.7. The van der Waals surface area contributed by atoms with E-state index in [9.17, 15) is 10.2 Å². The average Bonchev–Trinajstić information content (AvgIpc) is 2.70. The maximum Gasteiger partial charge on any atom is 0.0702 e. The van der Waals surface area contributed by atoms with Crippen molar-refractivity contribution in [3.63, 3.8) is 0 Å². The predicted octanol–water partition coefficient (Wildman–Crippen LogP) is 1.39. The highest BCUT2D eigenvalue weighted by atomic mass is 16.3. The van der Waals surface area contributed by atoms with Gasteiger partial charge in [-0.25, -0.2) is 0 Å². The molecule has 0 aliphatic carbocycles. The van der Waals surface area contributed by atoms with Crippen LogP contribution in [0.1, 0.15) is 18.9 Å². The molecule has 0 amide bonds. The van der Waals surface area contributed by atoms with E-state index in [0.717, 1.165) is 24.2 Å². The highest BCUT2D eigenvalue weighted by molar-refractivity contribution is 5.55. The first-order valence-corrected chi connectivity index (χ1v) is 5.84. The predicted molar refractivity (Wildman–Crippen MR) is 64.4 cm³/mol. The molecule has 0 bridgehead atoms. The summed E-state index contributed by atoms with van der Waals surface area (Å²) in [5.41, 5.74) is 2.00. The Morgan fingerprint density at radius 3 is 2.75 bits per heavy atom. The van der Waals surface area contributed by atoms with Gasteiger partial charge in [0.15, 0.2) is 0 Å². The van der Waals surface area contributed by atoms with E-state index in [0.29, 0.717) is 5.92 Å². The Morgan fingerprint density at radius 1 is 1.31 bits per heavy atom. The molecule has 1 aromatic carbocycles. The summed E-state index contributed by atoms with van der Waals surface area (Å²) in [4.78, 5) is 2.22. The topological polar surface area (TPSA) is 43.7 Å². The highest BCUT2D eigenvalue weighted by Gasteiger charge is 2.31. The summed E-state index contributed by atoms with van der Waals surface area (Å²) in [6, 6.07) is 8.06. The number of benzene rings is 1. The van der Waals surface area contributed by atoms with Gasteiger partial charge in [0.1, 0.15) is 0 Å². The van der Waals surface area contributed by atoms with Crippen LogP contribution < -0.4 is 4.90 Å². The van der Waals surface area contributed by atoms with E-state index >= 15 is 0 Å². The van der Waals surface area contributed by atoms with Crippen LogP contribution in [-0.2, 0) is 6.61 Å². The maximum atomic E-state index is 9.43. The van der Waals surface area contributed by atoms with Gasteiger partial charge in [-0.05, 0) is 18.4 Å². The number of nitrogens with zero attached hydrogens (tertiary/aromatic N) is 1. The second kappa shape index (κ2) is 4.85. The van der Waals surface area contributed by atoms with Gasteiger partial charge in [-0.3, -0.25) is 0 Å². The standard InChI is InChI=1S/C13H19NO2/c1-10-6-7-14(13(10)9-16)12-5-3-2-4-11(12)8-15/h2-5,10,13,15-16H,6-9H2,1H3. The van der Waals surface area contributed by atoms with E-state index in [1.165, 1.54) is 0 Å². The van der Waals surface area contributed by atoms with E-state index in [-0.39, 0.29) is 19.3 Å². The third kappa shape index (κ3) is 1.93. The van der Waals surface area contributed by atoms with Crippen LogP contribution in [-0.4, -0.2) is 29.4 Å². The minimum Gasteiger partial charge on any atom is -0.394 e. The highest BCUT2D eigenvalue weighted by Crippen LogP contribution is 2.31. The van der Waals surface area contributed by atoms with Crippen molar-refractivity contribution in [2.75, 3.05) is 18.1 Å². The van der Waals surface area contributed by atoms with Crippen LogP contribution in [0.25, 0.3) is 0 Å². The zero-order chi connectivity index (χ0) is 11.5. The summed E-state index contributed by atoms with van der Waals surface area (Å²) >= 11 is 0. The molecule has 2 rings (SSSR count). The first-order chi connectivity index (χ1) is 7.77. The number of hydrogen-bond donors (Lipinski definition) is 2. The minimum absolute atomic E-state index is 0.0548. The number of rotatable bonds is 3. The van der Waals surface area contributed by atoms with Crippen molar-refractivity contribution in [2.45, 2.75) is 26.0 Å². The third-order valence-electron chi connectivity index (χ3n) is 3.54. The Morgan fingerprint density at radius 2 is 2.06 bits per heavy atom. The number of aliphatic hydroxyl groups is 2. The SMILES string of the molecule is CC1CCN(c2ccccc2CO)C1CO. The molecule has 16 heavy (non-hydrogen) atoms. The summed E-state index contributed by atoms with van der Waals surface area (Å²) in [6.07, 6.45) is 1.10. The molecule has 0 spiro atoms. The van der Waals surface area contributed by atoms with E-state index in [1.807, 2.05) is 24.3 Å². The lowest BCUT2D eigenvalue weighted by Gasteiger charge is -2.29. The molecule has 1 aromatic rings. The van der Waals surface area contributed by atoms with Crippen molar-refractivity contribution in [2.24, 2.45) is 5.92 Å². The second-order valence-corrected chi connectivity index (χ2v) is 4.50. The van der Waals surface area contributed by atoms with Gasteiger partial charge in [0.05, 0.1) is 19.3 Å². The summed E-state index contributed by atoms with van der Waals surface area (Å²) in [5.74, 6) is 0.511. The molecule has 1 aliphatic heterocycles. The molecule has 0 radical (unpaired) electrons. The fourth-order valence-corrected chi connectivity index (χ4v) is 2.51. The van der Waals surface area contributed by atoms with Crippen molar-refractivity contribution >= 4 is 5.69 Å².